The van der Waals surface area contributed by atoms with E-state index < -0.39 is 0 Å². The smallest absolute Gasteiger partial charge is 0.124 e. The van der Waals surface area contributed by atoms with Gasteiger partial charge in [-0.25, -0.2) is 4.39 Å². The Labute approximate surface area is 91.9 Å². The molecule has 1 N–H and O–H groups in total. The van der Waals surface area contributed by atoms with Gasteiger partial charge in [-0.2, -0.15) is 0 Å². The summed E-state index contributed by atoms with van der Waals surface area (Å²) in [5.74, 6) is -0.170. The first-order valence-corrected chi connectivity index (χ1v) is 5.41. The molecule has 0 aromatic heterocycles. The second-order valence-corrected chi connectivity index (χ2v) is 4.11. The van der Waals surface area contributed by atoms with Gasteiger partial charge >= 0.3 is 0 Å². The van der Waals surface area contributed by atoms with Crippen molar-refractivity contribution in [3.05, 3.63) is 33.1 Å². The fourth-order valence-electron chi connectivity index (χ4n) is 1.27. The van der Waals surface area contributed by atoms with Gasteiger partial charge in [0.1, 0.15) is 5.82 Å². The Morgan fingerprint density at radius 2 is 2.23 bits per heavy atom. The topological polar surface area (TPSA) is 12.0 Å². The molecule has 0 spiro atoms. The van der Waals surface area contributed by atoms with Crippen molar-refractivity contribution in [1.29, 1.82) is 0 Å². The molecule has 0 bridgehead atoms. The van der Waals surface area contributed by atoms with E-state index in [2.05, 4.69) is 41.8 Å². The number of rotatable bonds is 3. The number of halogens is 2. The van der Waals surface area contributed by atoms with Crippen LogP contribution in [0.3, 0.4) is 0 Å². The van der Waals surface area contributed by atoms with Gasteiger partial charge in [0.05, 0.1) is 0 Å². The molecule has 0 radical (unpaired) electrons. The van der Waals surface area contributed by atoms with Gasteiger partial charge in [0.15, 0.2) is 0 Å². The normalized spacial score (nSPS) is 12.9. The molecule has 0 aliphatic heterocycles. The van der Waals surface area contributed by atoms with Crippen LogP contribution in [0.2, 0.25) is 0 Å². The van der Waals surface area contributed by atoms with Crippen molar-refractivity contribution in [2.75, 3.05) is 6.54 Å². The van der Waals surface area contributed by atoms with E-state index in [0.29, 0.717) is 0 Å². The lowest BCUT2D eigenvalue weighted by Gasteiger charge is -2.14. The van der Waals surface area contributed by atoms with Gasteiger partial charge in [0, 0.05) is 9.61 Å². The monoisotopic (exact) mass is 293 g/mol. The summed E-state index contributed by atoms with van der Waals surface area (Å²) in [6.45, 7) is 5.07. The SMILES string of the molecule is CCNC(C)c1ccc(F)cc1I. The van der Waals surface area contributed by atoms with Crippen LogP contribution in [0.25, 0.3) is 0 Å². The highest BCUT2D eigenvalue weighted by Gasteiger charge is 2.07. The van der Waals surface area contributed by atoms with Crippen molar-refractivity contribution in [2.45, 2.75) is 19.9 Å². The summed E-state index contributed by atoms with van der Waals surface area (Å²) >= 11 is 2.16. The average molecular weight is 293 g/mol. The van der Waals surface area contributed by atoms with E-state index in [1.54, 1.807) is 6.07 Å². The van der Waals surface area contributed by atoms with Crippen molar-refractivity contribution in [2.24, 2.45) is 0 Å². The number of benzene rings is 1. The summed E-state index contributed by atoms with van der Waals surface area (Å²) in [4.78, 5) is 0. The summed E-state index contributed by atoms with van der Waals surface area (Å²) in [7, 11) is 0. The Kier molecular flexibility index (Phi) is 4.12. The molecule has 0 heterocycles. The van der Waals surface area contributed by atoms with Crippen molar-refractivity contribution in [3.8, 4) is 0 Å². The maximum atomic E-state index is 12.8. The van der Waals surface area contributed by atoms with E-state index in [4.69, 9.17) is 0 Å². The average Bonchev–Trinajstić information content (AvgIpc) is 2.04. The second-order valence-electron chi connectivity index (χ2n) is 2.95. The zero-order chi connectivity index (χ0) is 9.84. The molecule has 13 heavy (non-hydrogen) atoms. The van der Waals surface area contributed by atoms with Gasteiger partial charge in [-0.1, -0.05) is 13.0 Å². The Morgan fingerprint density at radius 1 is 1.54 bits per heavy atom. The molecule has 72 valence electrons. The summed E-state index contributed by atoms with van der Waals surface area (Å²) in [5.41, 5.74) is 1.16. The summed E-state index contributed by atoms with van der Waals surface area (Å²) in [5, 5.41) is 3.29. The third-order valence-electron chi connectivity index (χ3n) is 1.94. The molecular weight excluding hydrogens is 280 g/mol. The molecular formula is C10H13FIN. The minimum absolute atomic E-state index is 0.170. The molecule has 1 atom stereocenters. The van der Waals surface area contributed by atoms with Gasteiger partial charge in [-0.05, 0) is 53.8 Å². The highest BCUT2D eigenvalue weighted by Crippen LogP contribution is 2.20. The number of hydrogen-bond acceptors (Lipinski definition) is 1. The van der Waals surface area contributed by atoms with Crippen LogP contribution in [0.5, 0.6) is 0 Å². The first-order chi connectivity index (χ1) is 6.15. The molecule has 1 unspecified atom stereocenters. The lowest BCUT2D eigenvalue weighted by Crippen LogP contribution is -2.18. The van der Waals surface area contributed by atoms with Crippen molar-refractivity contribution >= 4 is 22.6 Å². The predicted octanol–water partition coefficient (Wildman–Crippen LogP) is 3.10. The number of hydrogen-bond donors (Lipinski definition) is 1. The van der Waals surface area contributed by atoms with Crippen LogP contribution in [0, 0.1) is 9.39 Å². The maximum absolute atomic E-state index is 12.8. The molecule has 0 saturated carbocycles. The Balaban J connectivity index is 2.88. The van der Waals surface area contributed by atoms with E-state index in [-0.39, 0.29) is 11.9 Å². The predicted molar refractivity (Wildman–Crippen MR) is 61.2 cm³/mol. The van der Waals surface area contributed by atoms with Crippen LogP contribution < -0.4 is 5.32 Å². The molecule has 0 saturated heterocycles. The van der Waals surface area contributed by atoms with Crippen molar-refractivity contribution in [3.63, 3.8) is 0 Å². The van der Waals surface area contributed by atoms with Gasteiger partial charge in [0.25, 0.3) is 0 Å². The van der Waals surface area contributed by atoms with Gasteiger partial charge < -0.3 is 5.32 Å². The molecule has 3 heteroatoms. The van der Waals surface area contributed by atoms with Crippen LogP contribution in [0.4, 0.5) is 4.39 Å². The van der Waals surface area contributed by atoms with Crippen molar-refractivity contribution in [1.82, 2.24) is 5.32 Å². The lowest BCUT2D eigenvalue weighted by atomic mass is 10.1. The largest absolute Gasteiger partial charge is 0.310 e. The first kappa shape index (κ1) is 10.9. The summed E-state index contributed by atoms with van der Waals surface area (Å²) < 4.78 is 13.7. The second kappa shape index (κ2) is 4.91. The number of nitrogens with one attached hydrogen (secondary N) is 1. The third-order valence-corrected chi connectivity index (χ3v) is 2.87. The van der Waals surface area contributed by atoms with Crippen LogP contribution >= 0.6 is 22.6 Å². The zero-order valence-corrected chi connectivity index (χ0v) is 9.93. The molecule has 1 aromatic carbocycles. The standard InChI is InChI=1S/C10H13FIN/c1-3-13-7(2)9-5-4-8(11)6-10(9)12/h4-7,13H,3H2,1-2H3. The summed E-state index contributed by atoms with van der Waals surface area (Å²) in [6, 6.07) is 5.19. The molecule has 1 aromatic rings. The van der Waals surface area contributed by atoms with Crippen LogP contribution in [0.15, 0.2) is 18.2 Å². The molecule has 1 nitrogen and oxygen atoms in total. The first-order valence-electron chi connectivity index (χ1n) is 4.33. The van der Waals surface area contributed by atoms with Gasteiger partial charge in [-0.3, -0.25) is 0 Å². The van der Waals surface area contributed by atoms with Crippen LogP contribution in [-0.4, -0.2) is 6.54 Å². The Hall–Kier alpha value is -0.160. The Morgan fingerprint density at radius 3 is 2.77 bits per heavy atom. The minimum Gasteiger partial charge on any atom is -0.310 e. The fraction of sp³-hybridized carbons (Fsp3) is 0.400. The highest BCUT2D eigenvalue weighted by atomic mass is 127. The van der Waals surface area contributed by atoms with E-state index >= 15 is 0 Å². The maximum Gasteiger partial charge on any atom is 0.124 e. The van der Waals surface area contributed by atoms with E-state index in [9.17, 15) is 4.39 Å². The third kappa shape index (κ3) is 2.91. The molecule has 0 amide bonds. The van der Waals surface area contributed by atoms with Crippen LogP contribution in [0.1, 0.15) is 25.5 Å². The van der Waals surface area contributed by atoms with E-state index in [1.165, 1.54) is 6.07 Å². The van der Waals surface area contributed by atoms with Gasteiger partial charge in [0.2, 0.25) is 0 Å². The van der Waals surface area contributed by atoms with E-state index in [1.807, 2.05) is 6.07 Å². The van der Waals surface area contributed by atoms with Crippen molar-refractivity contribution < 1.29 is 4.39 Å². The molecule has 0 aliphatic rings. The Bertz CT molecular complexity index is 288. The zero-order valence-electron chi connectivity index (χ0n) is 7.77. The quantitative estimate of drug-likeness (QED) is 0.844. The van der Waals surface area contributed by atoms with Crippen LogP contribution in [-0.2, 0) is 0 Å². The molecule has 1 rings (SSSR count). The molecule has 0 aliphatic carbocycles. The fourth-order valence-corrected chi connectivity index (χ4v) is 2.21. The summed E-state index contributed by atoms with van der Waals surface area (Å²) in [6.07, 6.45) is 0. The highest BCUT2D eigenvalue weighted by molar-refractivity contribution is 14.1. The lowest BCUT2D eigenvalue weighted by molar-refractivity contribution is 0.588. The minimum atomic E-state index is -0.170. The van der Waals surface area contributed by atoms with E-state index in [0.717, 1.165) is 15.7 Å². The van der Waals surface area contributed by atoms with Gasteiger partial charge in [-0.15, -0.1) is 0 Å². The molecule has 0 fully saturated rings.